The van der Waals surface area contributed by atoms with Gasteiger partial charge in [-0.2, -0.15) is 0 Å². The van der Waals surface area contributed by atoms with Crippen LogP contribution in [0.25, 0.3) is 0 Å². The first-order valence-corrected chi connectivity index (χ1v) is 7.73. The van der Waals surface area contributed by atoms with Gasteiger partial charge in [0.2, 0.25) is 15.9 Å². The molecule has 0 fully saturated rings. The highest BCUT2D eigenvalue weighted by molar-refractivity contribution is 7.93. The SMILES string of the molecule is CCC(C)NC(=O)CCNS(=O)(=O)C(C)C(N)=S. The lowest BCUT2D eigenvalue weighted by molar-refractivity contribution is -0.121. The van der Waals surface area contributed by atoms with E-state index in [4.69, 9.17) is 5.73 Å². The first kappa shape index (κ1) is 17.3. The molecule has 0 saturated heterocycles. The third kappa shape index (κ3) is 6.27. The Kier molecular flexibility index (Phi) is 7.34. The predicted octanol–water partition coefficient (Wildman–Crippen LogP) is -0.115. The van der Waals surface area contributed by atoms with Gasteiger partial charge in [-0.05, 0) is 20.3 Å². The van der Waals surface area contributed by atoms with Crippen molar-refractivity contribution in [1.82, 2.24) is 10.0 Å². The number of carbonyl (C=O) groups is 1. The Balaban J connectivity index is 4.12. The number of nitrogens with one attached hydrogen (secondary N) is 2. The first-order chi connectivity index (χ1) is 8.20. The van der Waals surface area contributed by atoms with Crippen molar-refractivity contribution in [3.63, 3.8) is 0 Å². The van der Waals surface area contributed by atoms with E-state index >= 15 is 0 Å². The minimum atomic E-state index is -3.59. The molecule has 0 aliphatic rings. The molecular weight excluding hydrogens is 274 g/mol. The summed E-state index contributed by atoms with van der Waals surface area (Å²) in [4.78, 5) is 11.3. The first-order valence-electron chi connectivity index (χ1n) is 5.77. The second-order valence-corrected chi connectivity index (χ2v) is 6.67. The van der Waals surface area contributed by atoms with E-state index in [1.807, 2.05) is 13.8 Å². The molecule has 2 atom stereocenters. The molecule has 1 amide bonds. The zero-order chi connectivity index (χ0) is 14.3. The lowest BCUT2D eigenvalue weighted by atomic mass is 10.2. The Morgan fingerprint density at radius 1 is 1.39 bits per heavy atom. The molecule has 8 heteroatoms. The fourth-order valence-corrected chi connectivity index (χ4v) is 2.36. The van der Waals surface area contributed by atoms with Gasteiger partial charge >= 0.3 is 0 Å². The third-order valence-electron chi connectivity index (χ3n) is 2.54. The molecule has 0 heterocycles. The number of nitrogens with two attached hydrogens (primary N) is 1. The van der Waals surface area contributed by atoms with Gasteiger partial charge in [-0.15, -0.1) is 0 Å². The summed E-state index contributed by atoms with van der Waals surface area (Å²) in [6.45, 7) is 5.29. The van der Waals surface area contributed by atoms with E-state index in [1.165, 1.54) is 6.92 Å². The van der Waals surface area contributed by atoms with Crippen molar-refractivity contribution >= 4 is 33.1 Å². The van der Waals surface area contributed by atoms with E-state index in [0.29, 0.717) is 0 Å². The molecule has 6 nitrogen and oxygen atoms in total. The van der Waals surface area contributed by atoms with Crippen LogP contribution in [0.2, 0.25) is 0 Å². The lowest BCUT2D eigenvalue weighted by Gasteiger charge is -2.13. The Bertz CT molecular complexity index is 395. The summed E-state index contributed by atoms with van der Waals surface area (Å²) >= 11 is 4.62. The van der Waals surface area contributed by atoms with Crippen LogP contribution in [-0.4, -0.2) is 37.2 Å². The molecule has 0 aromatic heterocycles. The summed E-state index contributed by atoms with van der Waals surface area (Å²) in [5.74, 6) is -0.185. The Labute approximate surface area is 114 Å². The molecule has 0 rings (SSSR count). The van der Waals surface area contributed by atoms with Crippen molar-refractivity contribution in [3.8, 4) is 0 Å². The maximum absolute atomic E-state index is 11.6. The predicted molar refractivity (Wildman–Crippen MR) is 75.7 cm³/mol. The molecule has 106 valence electrons. The third-order valence-corrected chi connectivity index (χ3v) is 4.84. The molecule has 0 radical (unpaired) electrons. The number of hydrogen-bond acceptors (Lipinski definition) is 4. The summed E-state index contributed by atoms with van der Waals surface area (Å²) < 4.78 is 25.5. The number of amides is 1. The van der Waals surface area contributed by atoms with E-state index in [0.717, 1.165) is 6.42 Å². The van der Waals surface area contributed by atoms with E-state index in [2.05, 4.69) is 22.3 Å². The van der Waals surface area contributed by atoms with Gasteiger partial charge in [-0.1, -0.05) is 19.1 Å². The van der Waals surface area contributed by atoms with Gasteiger partial charge in [-0.3, -0.25) is 4.79 Å². The van der Waals surface area contributed by atoms with Crippen LogP contribution in [0.5, 0.6) is 0 Å². The highest BCUT2D eigenvalue weighted by Gasteiger charge is 2.22. The van der Waals surface area contributed by atoms with Crippen LogP contribution in [0.15, 0.2) is 0 Å². The maximum Gasteiger partial charge on any atom is 0.221 e. The van der Waals surface area contributed by atoms with E-state index in [9.17, 15) is 13.2 Å². The topological polar surface area (TPSA) is 101 Å². The van der Waals surface area contributed by atoms with Gasteiger partial charge < -0.3 is 11.1 Å². The molecule has 0 aromatic rings. The Morgan fingerprint density at radius 2 is 1.94 bits per heavy atom. The molecule has 4 N–H and O–H groups in total. The molecule has 0 aliphatic carbocycles. The van der Waals surface area contributed by atoms with Crippen LogP contribution in [-0.2, 0) is 14.8 Å². The summed E-state index contributed by atoms with van der Waals surface area (Å²) in [7, 11) is -3.59. The molecule has 0 spiro atoms. The van der Waals surface area contributed by atoms with E-state index in [-0.39, 0.29) is 29.9 Å². The van der Waals surface area contributed by atoms with Crippen LogP contribution < -0.4 is 15.8 Å². The second-order valence-electron chi connectivity index (χ2n) is 4.11. The van der Waals surface area contributed by atoms with Crippen LogP contribution in [0.1, 0.15) is 33.6 Å². The highest BCUT2D eigenvalue weighted by atomic mass is 32.2. The Morgan fingerprint density at radius 3 is 2.39 bits per heavy atom. The molecular formula is C10H21N3O3S2. The molecule has 0 aliphatic heterocycles. The van der Waals surface area contributed by atoms with Gasteiger partial charge in [0, 0.05) is 19.0 Å². The zero-order valence-corrected chi connectivity index (χ0v) is 12.5. The Hall–Kier alpha value is -0.730. The average molecular weight is 295 g/mol. The van der Waals surface area contributed by atoms with Gasteiger partial charge in [-0.25, -0.2) is 13.1 Å². The van der Waals surface area contributed by atoms with Crippen LogP contribution in [0.4, 0.5) is 0 Å². The van der Waals surface area contributed by atoms with Gasteiger partial charge in [0.25, 0.3) is 0 Å². The number of sulfonamides is 1. The van der Waals surface area contributed by atoms with E-state index < -0.39 is 15.3 Å². The fourth-order valence-electron chi connectivity index (χ4n) is 1.03. The fraction of sp³-hybridized carbons (Fsp3) is 0.800. The van der Waals surface area contributed by atoms with Crippen molar-refractivity contribution in [1.29, 1.82) is 0 Å². The lowest BCUT2D eigenvalue weighted by Crippen LogP contribution is -2.41. The minimum absolute atomic E-state index is 0.0392. The van der Waals surface area contributed by atoms with Crippen molar-refractivity contribution in [2.24, 2.45) is 5.73 Å². The zero-order valence-electron chi connectivity index (χ0n) is 10.9. The highest BCUT2D eigenvalue weighted by Crippen LogP contribution is 1.98. The molecule has 2 unspecified atom stereocenters. The minimum Gasteiger partial charge on any atom is -0.392 e. The number of thiocarbonyl (C=S) groups is 1. The van der Waals surface area contributed by atoms with Gasteiger partial charge in [0.15, 0.2) is 0 Å². The second kappa shape index (κ2) is 7.65. The summed E-state index contributed by atoms with van der Waals surface area (Å²) in [6, 6.07) is 0.0876. The van der Waals surface area contributed by atoms with Crippen molar-refractivity contribution in [3.05, 3.63) is 0 Å². The molecule has 18 heavy (non-hydrogen) atoms. The summed E-state index contributed by atoms with van der Waals surface area (Å²) in [5.41, 5.74) is 5.27. The average Bonchev–Trinajstić information content (AvgIpc) is 2.27. The largest absolute Gasteiger partial charge is 0.392 e. The van der Waals surface area contributed by atoms with Crippen molar-refractivity contribution in [2.75, 3.05) is 6.54 Å². The quantitative estimate of drug-likeness (QED) is 0.542. The number of rotatable bonds is 8. The van der Waals surface area contributed by atoms with Crippen molar-refractivity contribution < 1.29 is 13.2 Å². The number of hydrogen-bond donors (Lipinski definition) is 3. The summed E-state index contributed by atoms with van der Waals surface area (Å²) in [6.07, 6.45) is 0.920. The smallest absolute Gasteiger partial charge is 0.221 e. The molecule has 0 saturated carbocycles. The molecule has 0 aromatic carbocycles. The van der Waals surface area contributed by atoms with Crippen LogP contribution >= 0.6 is 12.2 Å². The van der Waals surface area contributed by atoms with Crippen molar-refractivity contribution in [2.45, 2.75) is 44.9 Å². The van der Waals surface area contributed by atoms with Crippen LogP contribution in [0, 0.1) is 0 Å². The molecule has 0 bridgehead atoms. The van der Waals surface area contributed by atoms with Crippen LogP contribution in [0.3, 0.4) is 0 Å². The maximum atomic E-state index is 11.6. The van der Waals surface area contributed by atoms with Gasteiger partial charge in [0.1, 0.15) is 5.25 Å². The van der Waals surface area contributed by atoms with E-state index in [1.54, 1.807) is 0 Å². The summed E-state index contributed by atoms with van der Waals surface area (Å²) in [5, 5.41) is 1.80. The van der Waals surface area contributed by atoms with Gasteiger partial charge in [0.05, 0.1) is 4.99 Å². The number of carbonyl (C=O) groups excluding carboxylic acids is 1. The standard InChI is InChI=1S/C10H21N3O3S2/c1-4-7(2)13-9(14)5-6-12-18(15,16)8(3)10(11)17/h7-8,12H,4-6H2,1-3H3,(H2,11,17)(H,13,14). The normalized spacial score (nSPS) is 14.8. The monoisotopic (exact) mass is 295 g/mol.